The molecule has 2 aliphatic heterocycles. The van der Waals surface area contributed by atoms with Gasteiger partial charge in [-0.25, -0.2) is 0 Å². The maximum Gasteiger partial charge on any atom is 0.264 e. The van der Waals surface area contributed by atoms with Gasteiger partial charge in [-0.1, -0.05) is 6.07 Å². The number of benzene rings is 1. The Morgan fingerprint density at radius 1 is 1.06 bits per heavy atom. The van der Waals surface area contributed by atoms with Crippen LogP contribution < -0.4 is 10.6 Å². The fourth-order valence-electron chi connectivity index (χ4n) is 6.37. The fourth-order valence-corrected chi connectivity index (χ4v) is 6.37. The number of amides is 4. The van der Waals surface area contributed by atoms with Crippen molar-refractivity contribution in [3.05, 3.63) is 29.3 Å². The van der Waals surface area contributed by atoms with Gasteiger partial charge < -0.3 is 10.2 Å². The molecule has 4 aliphatic rings. The van der Waals surface area contributed by atoms with Crippen molar-refractivity contribution in [2.45, 2.75) is 63.5 Å². The van der Waals surface area contributed by atoms with Crippen LogP contribution in [0.2, 0.25) is 0 Å². The van der Waals surface area contributed by atoms with Crippen LogP contribution in [0.4, 0.5) is 5.69 Å². The summed E-state index contributed by atoms with van der Waals surface area (Å²) in [5.41, 5.74) is 1.80. The highest BCUT2D eigenvalue weighted by Crippen LogP contribution is 2.55. The summed E-state index contributed by atoms with van der Waals surface area (Å²) in [5.74, 6) is -1.31. The van der Waals surface area contributed by atoms with Crippen LogP contribution >= 0.6 is 0 Å². The molecule has 3 fully saturated rings. The van der Waals surface area contributed by atoms with Crippen LogP contribution in [0.25, 0.3) is 0 Å². The third-order valence-electron chi connectivity index (χ3n) is 8.24. The molecule has 1 saturated heterocycles. The molecule has 1 atom stereocenters. The van der Waals surface area contributed by atoms with E-state index >= 15 is 0 Å². The van der Waals surface area contributed by atoms with Gasteiger partial charge in [0.1, 0.15) is 6.04 Å². The number of carbonyl (C=O) groups is 4. The van der Waals surface area contributed by atoms with Gasteiger partial charge in [0.15, 0.2) is 0 Å². The Labute approximate surface area is 194 Å². The molecule has 176 valence electrons. The molecule has 1 aromatic carbocycles. The molecule has 5 rings (SSSR count). The van der Waals surface area contributed by atoms with E-state index in [0.29, 0.717) is 34.2 Å². The number of nitrogens with one attached hydrogen (secondary N) is 2. The molecule has 2 saturated carbocycles. The molecule has 0 bridgehead atoms. The van der Waals surface area contributed by atoms with E-state index < -0.39 is 23.8 Å². The highest BCUT2D eigenvalue weighted by molar-refractivity contribution is 6.25. The minimum Gasteiger partial charge on any atom is -0.384 e. The first-order valence-electron chi connectivity index (χ1n) is 12.0. The average molecular weight is 453 g/mol. The molecule has 2 heterocycles. The van der Waals surface area contributed by atoms with Gasteiger partial charge in [0.25, 0.3) is 11.8 Å². The minimum absolute atomic E-state index is 0.119. The number of imide groups is 2. The molecule has 1 spiro atoms. The molecule has 0 aromatic heterocycles. The molecule has 0 radical (unpaired) electrons. The van der Waals surface area contributed by atoms with Gasteiger partial charge in [0.05, 0.1) is 11.1 Å². The quantitative estimate of drug-likeness (QED) is 0.666. The lowest BCUT2D eigenvalue weighted by molar-refractivity contribution is -0.136. The van der Waals surface area contributed by atoms with Crippen molar-refractivity contribution in [3.8, 4) is 0 Å². The first-order valence-corrected chi connectivity index (χ1v) is 12.0. The standard InChI is InChI=1S/C25H32N4O4/c1-28(2)16-8-10-25(11-9-16)12-15(13-25)14-26-18-5-3-4-17-21(18)24(33)29(23(17)32)19-6-7-20(30)27-22(19)31/h3-5,15-16,19,26H,6-14H2,1-2H3,(H,27,30,31)/t15-,16-,19?,25?. The summed E-state index contributed by atoms with van der Waals surface area (Å²) >= 11 is 0. The number of carbonyl (C=O) groups excluding carboxylic acids is 4. The van der Waals surface area contributed by atoms with E-state index in [4.69, 9.17) is 0 Å². The second-order valence-electron chi connectivity index (χ2n) is 10.5. The molecule has 2 aliphatic carbocycles. The predicted octanol–water partition coefficient (Wildman–Crippen LogP) is 2.40. The van der Waals surface area contributed by atoms with Crippen LogP contribution in [0, 0.1) is 11.3 Å². The monoisotopic (exact) mass is 452 g/mol. The Kier molecular flexibility index (Phi) is 5.51. The van der Waals surface area contributed by atoms with Crippen LogP contribution in [0.15, 0.2) is 18.2 Å². The van der Waals surface area contributed by atoms with E-state index in [-0.39, 0.29) is 18.7 Å². The Morgan fingerprint density at radius 2 is 1.79 bits per heavy atom. The molecule has 1 unspecified atom stereocenters. The number of fused-ring (bicyclic) bond motifs is 1. The molecule has 2 N–H and O–H groups in total. The van der Waals surface area contributed by atoms with E-state index in [0.717, 1.165) is 11.4 Å². The normalized spacial score (nSPS) is 31.6. The molecule has 4 amide bonds. The number of nitrogens with zero attached hydrogens (tertiary/aromatic N) is 2. The van der Waals surface area contributed by atoms with Crippen LogP contribution in [0.5, 0.6) is 0 Å². The molecular formula is C25H32N4O4. The third-order valence-corrected chi connectivity index (χ3v) is 8.24. The topological polar surface area (TPSA) is 98.8 Å². The van der Waals surface area contributed by atoms with Gasteiger partial charge in [0.2, 0.25) is 11.8 Å². The van der Waals surface area contributed by atoms with E-state index in [9.17, 15) is 19.2 Å². The lowest BCUT2D eigenvalue weighted by atomic mass is 9.55. The zero-order valence-electron chi connectivity index (χ0n) is 19.4. The van der Waals surface area contributed by atoms with Crippen molar-refractivity contribution < 1.29 is 19.2 Å². The predicted molar refractivity (Wildman–Crippen MR) is 123 cm³/mol. The maximum atomic E-state index is 13.2. The van der Waals surface area contributed by atoms with Crippen LogP contribution in [0.3, 0.4) is 0 Å². The lowest BCUT2D eigenvalue weighted by Gasteiger charge is -2.52. The molecule has 1 aromatic rings. The summed E-state index contributed by atoms with van der Waals surface area (Å²) in [5, 5.41) is 5.66. The van der Waals surface area contributed by atoms with Crippen molar-refractivity contribution in [1.82, 2.24) is 15.1 Å². The Hall–Kier alpha value is -2.74. The molecular weight excluding hydrogens is 420 g/mol. The van der Waals surface area contributed by atoms with Crippen molar-refractivity contribution in [2.75, 3.05) is 26.0 Å². The van der Waals surface area contributed by atoms with E-state index in [2.05, 4.69) is 29.6 Å². The third kappa shape index (κ3) is 3.84. The molecule has 8 nitrogen and oxygen atoms in total. The van der Waals surface area contributed by atoms with E-state index in [1.54, 1.807) is 12.1 Å². The number of piperidine rings is 1. The minimum atomic E-state index is -0.938. The summed E-state index contributed by atoms with van der Waals surface area (Å²) in [4.78, 5) is 53.3. The summed E-state index contributed by atoms with van der Waals surface area (Å²) in [6, 6.07) is 5.00. The smallest absolute Gasteiger partial charge is 0.264 e. The van der Waals surface area contributed by atoms with Gasteiger partial charge in [-0.3, -0.25) is 29.4 Å². The first kappa shape index (κ1) is 22.1. The number of hydrogen-bond donors (Lipinski definition) is 2. The second kappa shape index (κ2) is 8.24. The summed E-state index contributed by atoms with van der Waals surface area (Å²) in [7, 11) is 4.34. The van der Waals surface area contributed by atoms with Gasteiger partial charge in [-0.2, -0.15) is 0 Å². The van der Waals surface area contributed by atoms with Crippen molar-refractivity contribution in [2.24, 2.45) is 11.3 Å². The Morgan fingerprint density at radius 3 is 2.45 bits per heavy atom. The van der Waals surface area contributed by atoms with Crippen LogP contribution in [-0.2, 0) is 9.59 Å². The Bertz CT molecular complexity index is 1000. The van der Waals surface area contributed by atoms with Gasteiger partial charge in [-0.15, -0.1) is 0 Å². The van der Waals surface area contributed by atoms with Crippen molar-refractivity contribution in [1.29, 1.82) is 0 Å². The zero-order valence-corrected chi connectivity index (χ0v) is 19.4. The lowest BCUT2D eigenvalue weighted by Crippen LogP contribution is -2.54. The van der Waals surface area contributed by atoms with Crippen LogP contribution in [0.1, 0.15) is 72.1 Å². The van der Waals surface area contributed by atoms with Gasteiger partial charge in [-0.05, 0) is 82.5 Å². The summed E-state index contributed by atoms with van der Waals surface area (Å²) in [6.07, 6.45) is 7.83. The van der Waals surface area contributed by atoms with Gasteiger partial charge in [0, 0.05) is 24.7 Å². The van der Waals surface area contributed by atoms with Crippen LogP contribution in [-0.4, -0.2) is 66.2 Å². The average Bonchev–Trinajstić information content (AvgIpc) is 3.02. The van der Waals surface area contributed by atoms with Gasteiger partial charge >= 0.3 is 0 Å². The number of anilines is 1. The first-order chi connectivity index (χ1) is 15.8. The molecule has 33 heavy (non-hydrogen) atoms. The molecule has 8 heteroatoms. The Balaban J connectivity index is 1.23. The maximum absolute atomic E-state index is 13.2. The zero-order chi connectivity index (χ0) is 23.3. The largest absolute Gasteiger partial charge is 0.384 e. The van der Waals surface area contributed by atoms with E-state index in [1.807, 2.05) is 6.07 Å². The fraction of sp³-hybridized carbons (Fsp3) is 0.600. The second-order valence-corrected chi connectivity index (χ2v) is 10.5. The number of rotatable bonds is 5. The summed E-state index contributed by atoms with van der Waals surface area (Å²) < 4.78 is 0. The number of hydrogen-bond acceptors (Lipinski definition) is 6. The SMILES string of the molecule is CN(C)[C@H]1CCC2(CC1)C[C@H](CNc1cccc3c1C(=O)N(C1CCC(=O)NC1=O)C3=O)C2. The highest BCUT2D eigenvalue weighted by atomic mass is 16.2. The summed E-state index contributed by atoms with van der Waals surface area (Å²) in [6.45, 7) is 0.773. The highest BCUT2D eigenvalue weighted by Gasteiger charge is 2.47. The van der Waals surface area contributed by atoms with Crippen molar-refractivity contribution in [3.63, 3.8) is 0 Å². The van der Waals surface area contributed by atoms with Crippen molar-refractivity contribution >= 4 is 29.3 Å². The van der Waals surface area contributed by atoms with E-state index in [1.165, 1.54) is 38.5 Å².